The van der Waals surface area contributed by atoms with Crippen molar-refractivity contribution in [2.24, 2.45) is 0 Å². The largest absolute Gasteiger partial charge is 0.489 e. The van der Waals surface area contributed by atoms with Crippen molar-refractivity contribution in [1.29, 1.82) is 0 Å². The topological polar surface area (TPSA) is 56.4 Å². The van der Waals surface area contributed by atoms with Gasteiger partial charge < -0.3 is 19.2 Å². The molecule has 0 radical (unpaired) electrons. The summed E-state index contributed by atoms with van der Waals surface area (Å²) in [7, 11) is 0. The average Bonchev–Trinajstić information content (AvgIpc) is 2.62. The highest BCUT2D eigenvalue weighted by atomic mass is 16.5. The smallest absolute Gasteiger partial charge is 0.163 e. The highest BCUT2D eigenvalue weighted by Gasteiger charge is 2.13. The van der Waals surface area contributed by atoms with Gasteiger partial charge in [-0.25, -0.2) is 4.98 Å². The molecule has 0 atom stereocenters. The molecule has 5 heteroatoms. The van der Waals surface area contributed by atoms with Crippen molar-refractivity contribution >= 4 is 11.0 Å². The number of nitrogens with zero attached hydrogens (tertiary/aromatic N) is 1. The molecule has 1 aliphatic heterocycles. The predicted molar refractivity (Wildman–Crippen MR) is 67.0 cm³/mol. The normalized spacial score (nSPS) is 14.7. The van der Waals surface area contributed by atoms with E-state index >= 15 is 0 Å². The third kappa shape index (κ3) is 2.13. The molecule has 96 valence electrons. The highest BCUT2D eigenvalue weighted by molar-refractivity contribution is 5.79. The van der Waals surface area contributed by atoms with E-state index in [-0.39, 0.29) is 0 Å². The van der Waals surface area contributed by atoms with E-state index in [1.165, 1.54) is 0 Å². The summed E-state index contributed by atoms with van der Waals surface area (Å²) in [5.41, 5.74) is 1.84. The number of H-pyrrole nitrogens is 1. The molecule has 1 aliphatic rings. The van der Waals surface area contributed by atoms with Crippen LogP contribution >= 0.6 is 0 Å². The lowest BCUT2D eigenvalue weighted by atomic mass is 10.3. The van der Waals surface area contributed by atoms with Gasteiger partial charge >= 0.3 is 0 Å². The van der Waals surface area contributed by atoms with Crippen molar-refractivity contribution < 1.29 is 14.2 Å². The number of hydrogen-bond acceptors (Lipinski definition) is 4. The standard InChI is InChI=1S/C13H16N2O3/c1-2-16-8-13-14-9-6-11-12(7-10(9)15-13)18-5-3-4-17-11/h6-7H,2-5,8H2,1H3,(H,14,15). The van der Waals surface area contributed by atoms with Gasteiger partial charge in [0.15, 0.2) is 11.5 Å². The van der Waals surface area contributed by atoms with Crippen molar-refractivity contribution in [1.82, 2.24) is 9.97 Å². The number of hydrogen-bond donors (Lipinski definition) is 1. The zero-order valence-corrected chi connectivity index (χ0v) is 10.4. The van der Waals surface area contributed by atoms with Crippen LogP contribution in [-0.2, 0) is 11.3 Å². The Kier molecular flexibility index (Phi) is 3.06. The molecule has 0 saturated heterocycles. The number of ether oxygens (including phenoxy) is 3. The van der Waals surface area contributed by atoms with Crippen molar-refractivity contribution in [3.05, 3.63) is 18.0 Å². The molecule has 0 fully saturated rings. The first-order valence-electron chi connectivity index (χ1n) is 6.23. The van der Waals surface area contributed by atoms with Crippen LogP contribution in [0, 0.1) is 0 Å². The fourth-order valence-electron chi connectivity index (χ4n) is 1.99. The molecular weight excluding hydrogens is 232 g/mol. The Morgan fingerprint density at radius 1 is 1.28 bits per heavy atom. The number of aromatic nitrogens is 2. The van der Waals surface area contributed by atoms with E-state index < -0.39 is 0 Å². The Hall–Kier alpha value is -1.75. The molecule has 5 nitrogen and oxygen atoms in total. The first kappa shape index (κ1) is 11.3. The minimum Gasteiger partial charge on any atom is -0.489 e. The van der Waals surface area contributed by atoms with E-state index in [2.05, 4.69) is 9.97 Å². The van der Waals surface area contributed by atoms with Crippen LogP contribution in [0.3, 0.4) is 0 Å². The van der Waals surface area contributed by atoms with Gasteiger partial charge in [-0.15, -0.1) is 0 Å². The second kappa shape index (κ2) is 4.86. The maximum absolute atomic E-state index is 5.64. The summed E-state index contributed by atoms with van der Waals surface area (Å²) in [4.78, 5) is 7.70. The third-order valence-electron chi connectivity index (χ3n) is 2.84. The number of aromatic amines is 1. The number of imidazole rings is 1. The number of rotatable bonds is 3. The molecule has 2 aromatic rings. The molecule has 0 bridgehead atoms. The van der Waals surface area contributed by atoms with E-state index in [0.717, 1.165) is 34.8 Å². The number of nitrogens with one attached hydrogen (secondary N) is 1. The van der Waals surface area contributed by atoms with Crippen LogP contribution in [0.1, 0.15) is 19.2 Å². The van der Waals surface area contributed by atoms with Gasteiger partial charge in [0.1, 0.15) is 12.4 Å². The van der Waals surface area contributed by atoms with E-state index in [9.17, 15) is 0 Å². The maximum atomic E-state index is 5.64. The Balaban J connectivity index is 1.96. The van der Waals surface area contributed by atoms with Crippen molar-refractivity contribution in [2.45, 2.75) is 20.0 Å². The molecule has 0 saturated carbocycles. The summed E-state index contributed by atoms with van der Waals surface area (Å²) in [6, 6.07) is 3.86. The summed E-state index contributed by atoms with van der Waals surface area (Å²) in [5, 5.41) is 0. The predicted octanol–water partition coefficient (Wildman–Crippen LogP) is 2.26. The number of benzene rings is 1. The van der Waals surface area contributed by atoms with Crippen LogP contribution in [0.2, 0.25) is 0 Å². The Morgan fingerprint density at radius 3 is 2.83 bits per heavy atom. The van der Waals surface area contributed by atoms with Crippen LogP contribution in [0.5, 0.6) is 11.5 Å². The zero-order chi connectivity index (χ0) is 12.4. The van der Waals surface area contributed by atoms with Gasteiger partial charge in [-0.05, 0) is 6.92 Å². The molecule has 1 aromatic heterocycles. The fraction of sp³-hybridized carbons (Fsp3) is 0.462. The fourth-order valence-corrected chi connectivity index (χ4v) is 1.99. The first-order valence-corrected chi connectivity index (χ1v) is 6.23. The monoisotopic (exact) mass is 248 g/mol. The quantitative estimate of drug-likeness (QED) is 0.905. The van der Waals surface area contributed by atoms with Gasteiger partial charge in [-0.1, -0.05) is 0 Å². The molecule has 0 unspecified atom stereocenters. The lowest BCUT2D eigenvalue weighted by Gasteiger charge is -2.05. The SMILES string of the molecule is CCOCc1nc2cc3c(cc2[nH]1)OCCCO3. The van der Waals surface area contributed by atoms with E-state index in [1.54, 1.807) is 0 Å². The molecule has 1 N–H and O–H groups in total. The van der Waals surface area contributed by atoms with Gasteiger partial charge in [-0.3, -0.25) is 0 Å². The molecular formula is C13H16N2O3. The van der Waals surface area contributed by atoms with Crippen molar-refractivity contribution in [2.75, 3.05) is 19.8 Å². The molecule has 18 heavy (non-hydrogen) atoms. The van der Waals surface area contributed by atoms with Gasteiger partial charge in [0.05, 0.1) is 24.2 Å². The maximum Gasteiger partial charge on any atom is 0.163 e. The summed E-state index contributed by atoms with van der Waals surface area (Å²) in [6.45, 7) is 4.52. The Bertz CT molecular complexity index is 507. The minimum absolute atomic E-state index is 0.498. The van der Waals surface area contributed by atoms with Gasteiger partial charge in [0.25, 0.3) is 0 Å². The van der Waals surface area contributed by atoms with Crippen LogP contribution in [0.25, 0.3) is 11.0 Å². The summed E-state index contributed by atoms with van der Waals surface area (Å²) in [6.07, 6.45) is 0.908. The summed E-state index contributed by atoms with van der Waals surface area (Å²) >= 11 is 0. The molecule has 3 rings (SSSR count). The lowest BCUT2D eigenvalue weighted by molar-refractivity contribution is 0.129. The second-order valence-electron chi connectivity index (χ2n) is 4.19. The van der Waals surface area contributed by atoms with E-state index in [0.29, 0.717) is 26.4 Å². The first-order chi connectivity index (χ1) is 8.86. The Morgan fingerprint density at radius 2 is 2.06 bits per heavy atom. The van der Waals surface area contributed by atoms with Crippen molar-refractivity contribution in [3.63, 3.8) is 0 Å². The number of fused-ring (bicyclic) bond motifs is 2. The highest BCUT2D eigenvalue weighted by Crippen LogP contribution is 2.33. The minimum atomic E-state index is 0.498. The molecule has 2 heterocycles. The van der Waals surface area contributed by atoms with Gasteiger partial charge in [0.2, 0.25) is 0 Å². The summed E-state index contributed by atoms with van der Waals surface area (Å²) < 4.78 is 16.6. The average molecular weight is 248 g/mol. The van der Waals surface area contributed by atoms with Gasteiger partial charge in [0, 0.05) is 25.2 Å². The third-order valence-corrected chi connectivity index (χ3v) is 2.84. The van der Waals surface area contributed by atoms with Crippen LogP contribution in [0.15, 0.2) is 12.1 Å². The Labute approximate surface area is 105 Å². The molecule has 0 spiro atoms. The van der Waals surface area contributed by atoms with Crippen LogP contribution in [0.4, 0.5) is 0 Å². The summed E-state index contributed by atoms with van der Waals surface area (Å²) in [5.74, 6) is 2.38. The van der Waals surface area contributed by atoms with Crippen LogP contribution in [-0.4, -0.2) is 29.8 Å². The van der Waals surface area contributed by atoms with E-state index in [1.807, 2.05) is 19.1 Å². The van der Waals surface area contributed by atoms with Gasteiger partial charge in [-0.2, -0.15) is 0 Å². The molecule has 0 amide bonds. The second-order valence-corrected chi connectivity index (χ2v) is 4.19. The molecule has 0 aliphatic carbocycles. The van der Waals surface area contributed by atoms with Crippen LogP contribution < -0.4 is 9.47 Å². The lowest BCUT2D eigenvalue weighted by Crippen LogP contribution is -1.97. The van der Waals surface area contributed by atoms with E-state index in [4.69, 9.17) is 14.2 Å². The van der Waals surface area contributed by atoms with Crippen molar-refractivity contribution in [3.8, 4) is 11.5 Å². The molecule has 1 aromatic carbocycles. The zero-order valence-electron chi connectivity index (χ0n) is 10.4.